The molecule has 9 heteroatoms. The molecule has 0 unspecified atom stereocenters. The summed E-state index contributed by atoms with van der Waals surface area (Å²) in [7, 11) is 0. The number of aromatic nitrogens is 3. The van der Waals surface area contributed by atoms with Crippen LogP contribution in [-0.2, 0) is 6.42 Å². The molecular weight excluding hydrogens is 454 g/mol. The lowest BCUT2D eigenvalue weighted by molar-refractivity contribution is 0.963. The third kappa shape index (κ3) is 6.06. The smallest absolute Gasteiger partial charge is 0.229 e. The van der Waals surface area contributed by atoms with E-state index in [1.807, 2.05) is 56.4 Å². The number of anilines is 2. The lowest BCUT2D eigenvalue weighted by Crippen LogP contribution is -2.39. The predicted octanol–water partition coefficient (Wildman–Crippen LogP) is 5.23. The van der Waals surface area contributed by atoms with Gasteiger partial charge in [0.1, 0.15) is 0 Å². The number of aliphatic imine (C=N–C) groups is 1. The number of benzene rings is 2. The minimum Gasteiger partial charge on any atom is -0.361 e. The molecule has 2 heterocycles. The average molecular weight is 478 g/mol. The van der Waals surface area contributed by atoms with Crippen molar-refractivity contribution in [1.29, 1.82) is 0 Å². The van der Waals surface area contributed by atoms with Crippen molar-refractivity contribution in [2.75, 3.05) is 17.2 Å². The van der Waals surface area contributed by atoms with Gasteiger partial charge in [-0.05, 0) is 62.3 Å². The predicted molar refractivity (Wildman–Crippen MR) is 140 cm³/mol. The van der Waals surface area contributed by atoms with Gasteiger partial charge in [-0.25, -0.2) is 9.97 Å². The molecule has 168 valence electrons. The van der Waals surface area contributed by atoms with Crippen LogP contribution in [0, 0.1) is 13.8 Å². The van der Waals surface area contributed by atoms with Gasteiger partial charge < -0.3 is 15.6 Å². The lowest BCUT2D eigenvalue weighted by atomic mass is 10.1. The van der Waals surface area contributed by atoms with Crippen molar-refractivity contribution in [3.63, 3.8) is 0 Å². The highest BCUT2D eigenvalue weighted by Crippen LogP contribution is 2.20. The molecule has 4 rings (SSSR count). The molecule has 0 aliphatic heterocycles. The molecule has 0 atom stereocenters. The first-order chi connectivity index (χ1) is 16.0. The van der Waals surface area contributed by atoms with Crippen LogP contribution in [0.3, 0.4) is 0 Å². The van der Waals surface area contributed by atoms with E-state index in [0.29, 0.717) is 34.3 Å². The number of hydrogen-bond acceptors (Lipinski definition) is 4. The number of para-hydroxylation sites is 2. The van der Waals surface area contributed by atoms with Crippen molar-refractivity contribution < 1.29 is 0 Å². The van der Waals surface area contributed by atoms with Crippen LogP contribution in [0.15, 0.2) is 65.8 Å². The second kappa shape index (κ2) is 10.4. The minimum absolute atomic E-state index is 0.353. The maximum Gasteiger partial charge on any atom is 0.229 e. The van der Waals surface area contributed by atoms with Crippen LogP contribution < -0.4 is 16.0 Å². The first-order valence-corrected chi connectivity index (χ1v) is 11.3. The maximum absolute atomic E-state index is 6.24. The normalized spacial score (nSPS) is 11.4. The van der Waals surface area contributed by atoms with Crippen molar-refractivity contribution in [1.82, 2.24) is 20.3 Å². The zero-order valence-electron chi connectivity index (χ0n) is 18.3. The van der Waals surface area contributed by atoms with E-state index in [1.54, 1.807) is 6.07 Å². The Labute approximate surface area is 202 Å². The zero-order valence-corrected chi connectivity index (χ0v) is 19.9. The summed E-state index contributed by atoms with van der Waals surface area (Å²) in [5, 5.41) is 11.5. The molecule has 0 bridgehead atoms. The van der Waals surface area contributed by atoms with Crippen LogP contribution in [-0.4, -0.2) is 32.6 Å². The number of H-pyrrole nitrogens is 1. The second-order valence-electron chi connectivity index (χ2n) is 7.50. The molecule has 7 nitrogen and oxygen atoms in total. The van der Waals surface area contributed by atoms with Crippen molar-refractivity contribution in [3.8, 4) is 0 Å². The number of hydrogen-bond donors (Lipinski definition) is 4. The zero-order chi connectivity index (χ0) is 23.2. The molecule has 0 saturated heterocycles. The molecule has 0 saturated carbocycles. The molecule has 0 aliphatic rings. The quantitative estimate of drug-likeness (QED) is 0.179. The molecule has 33 heavy (non-hydrogen) atoms. The monoisotopic (exact) mass is 477 g/mol. The van der Waals surface area contributed by atoms with E-state index >= 15 is 0 Å². The van der Waals surface area contributed by atoms with E-state index in [2.05, 4.69) is 43.0 Å². The molecule has 4 N–H and O–H groups in total. The van der Waals surface area contributed by atoms with Gasteiger partial charge in [0, 0.05) is 35.0 Å². The number of rotatable bonds is 5. The number of halogens is 1. The number of thiocarbonyl (C=S) groups is 1. The number of guanidine groups is 1. The van der Waals surface area contributed by atoms with Gasteiger partial charge >= 0.3 is 0 Å². The van der Waals surface area contributed by atoms with E-state index in [-0.39, 0.29) is 0 Å². The van der Waals surface area contributed by atoms with Gasteiger partial charge in [0.15, 0.2) is 5.11 Å². The first-order valence-electron chi connectivity index (χ1n) is 10.5. The Morgan fingerprint density at radius 1 is 1.03 bits per heavy atom. The van der Waals surface area contributed by atoms with Gasteiger partial charge in [-0.1, -0.05) is 41.9 Å². The van der Waals surface area contributed by atoms with Gasteiger partial charge in [0.05, 0.1) is 10.7 Å². The van der Waals surface area contributed by atoms with Crippen molar-refractivity contribution in [2.45, 2.75) is 20.3 Å². The Morgan fingerprint density at radius 3 is 2.55 bits per heavy atom. The fourth-order valence-electron chi connectivity index (χ4n) is 3.45. The summed E-state index contributed by atoms with van der Waals surface area (Å²) in [5.74, 6) is 0.899. The summed E-state index contributed by atoms with van der Waals surface area (Å²) in [4.78, 5) is 16.9. The highest BCUT2D eigenvalue weighted by atomic mass is 35.5. The molecular formula is C24H24ClN7S. The number of nitrogens with zero attached hydrogens (tertiary/aromatic N) is 3. The molecule has 0 radical (unpaired) electrons. The van der Waals surface area contributed by atoms with Crippen LogP contribution in [0.2, 0.25) is 5.02 Å². The lowest BCUT2D eigenvalue weighted by Gasteiger charge is -2.15. The van der Waals surface area contributed by atoms with Gasteiger partial charge in [0.25, 0.3) is 0 Å². The Bertz CT molecular complexity index is 1290. The van der Waals surface area contributed by atoms with E-state index in [0.717, 1.165) is 23.3 Å². The number of aromatic amines is 1. The molecule has 2 aromatic heterocycles. The maximum atomic E-state index is 6.24. The van der Waals surface area contributed by atoms with Crippen LogP contribution in [0.25, 0.3) is 10.9 Å². The average Bonchev–Trinajstić information content (AvgIpc) is 3.18. The molecule has 4 aromatic rings. The minimum atomic E-state index is 0.353. The van der Waals surface area contributed by atoms with Crippen molar-refractivity contribution in [3.05, 3.63) is 82.8 Å². The topological polar surface area (TPSA) is 90.0 Å². The van der Waals surface area contributed by atoms with Crippen molar-refractivity contribution >= 4 is 57.4 Å². The van der Waals surface area contributed by atoms with Gasteiger partial charge in [-0.15, -0.1) is 0 Å². The fraction of sp³-hybridized carbons (Fsp3) is 0.167. The number of aryl methyl sites for hydroxylation is 2. The summed E-state index contributed by atoms with van der Waals surface area (Å²) in [6.07, 6.45) is 2.78. The SMILES string of the molecule is Cc1cc(C)nc(NC(=NCCc2c[nH]c3ccccc23)NC(=S)Nc2ccccc2Cl)n1. The second-order valence-corrected chi connectivity index (χ2v) is 8.31. The highest BCUT2D eigenvalue weighted by Gasteiger charge is 2.09. The Balaban J connectivity index is 1.50. The van der Waals surface area contributed by atoms with E-state index in [4.69, 9.17) is 28.8 Å². The molecule has 2 aromatic carbocycles. The molecule has 0 aliphatic carbocycles. The first kappa shape index (κ1) is 22.7. The van der Waals surface area contributed by atoms with E-state index in [1.165, 1.54) is 10.9 Å². The number of fused-ring (bicyclic) bond motifs is 1. The fourth-order valence-corrected chi connectivity index (χ4v) is 3.84. The van der Waals surface area contributed by atoms with Crippen LogP contribution in [0.5, 0.6) is 0 Å². The van der Waals surface area contributed by atoms with E-state index < -0.39 is 0 Å². The van der Waals surface area contributed by atoms with Gasteiger partial charge in [0.2, 0.25) is 11.9 Å². The van der Waals surface area contributed by atoms with Crippen LogP contribution in [0.1, 0.15) is 17.0 Å². The third-order valence-electron chi connectivity index (χ3n) is 4.89. The van der Waals surface area contributed by atoms with Gasteiger partial charge in [-0.3, -0.25) is 10.3 Å². The van der Waals surface area contributed by atoms with Crippen LogP contribution in [0.4, 0.5) is 11.6 Å². The molecule has 0 spiro atoms. The van der Waals surface area contributed by atoms with E-state index in [9.17, 15) is 0 Å². The van der Waals surface area contributed by atoms with Crippen molar-refractivity contribution in [2.24, 2.45) is 4.99 Å². The largest absolute Gasteiger partial charge is 0.361 e. The summed E-state index contributed by atoms with van der Waals surface area (Å²) in [6, 6.07) is 17.5. The highest BCUT2D eigenvalue weighted by molar-refractivity contribution is 7.80. The summed E-state index contributed by atoms with van der Waals surface area (Å²) >= 11 is 11.7. The Hall–Kier alpha value is -3.49. The Kier molecular flexibility index (Phi) is 7.16. The summed E-state index contributed by atoms with van der Waals surface area (Å²) < 4.78 is 0. The molecule has 0 fully saturated rings. The summed E-state index contributed by atoms with van der Waals surface area (Å²) in [5.41, 5.74) is 4.74. The number of nitrogens with one attached hydrogen (secondary N) is 4. The standard InChI is InChI=1S/C24H24ClN7S/c1-15-13-16(2)29-23(28-15)31-22(32-24(33)30-21-10-6-4-8-19(21)25)26-12-11-17-14-27-20-9-5-3-7-18(17)20/h3-10,13-14,27H,11-12H2,1-2H3,(H3,26,28,29,30,31,32,33). The molecule has 0 amide bonds. The van der Waals surface area contributed by atoms with Gasteiger partial charge in [-0.2, -0.15) is 0 Å². The summed E-state index contributed by atoms with van der Waals surface area (Å²) in [6.45, 7) is 4.38. The Morgan fingerprint density at radius 2 is 1.76 bits per heavy atom. The third-order valence-corrected chi connectivity index (χ3v) is 5.43. The van der Waals surface area contributed by atoms with Crippen LogP contribution >= 0.6 is 23.8 Å².